The quantitative estimate of drug-likeness (QED) is 0.898. The summed E-state index contributed by atoms with van der Waals surface area (Å²) in [6, 6.07) is 6.05. The number of hydrogen-bond donors (Lipinski definition) is 1. The first-order valence-electron chi connectivity index (χ1n) is 6.96. The van der Waals surface area contributed by atoms with Crippen LogP contribution in [0.2, 0.25) is 5.02 Å². The van der Waals surface area contributed by atoms with Crippen molar-refractivity contribution in [3.05, 3.63) is 28.8 Å². The molecule has 1 atom stereocenters. The zero-order valence-electron chi connectivity index (χ0n) is 10.6. The van der Waals surface area contributed by atoms with Crippen molar-refractivity contribution in [3.63, 3.8) is 0 Å². The second-order valence-electron chi connectivity index (χ2n) is 5.48. The van der Waals surface area contributed by atoms with Crippen molar-refractivity contribution >= 4 is 11.6 Å². The Balaban J connectivity index is 1.73. The van der Waals surface area contributed by atoms with E-state index in [1.54, 1.807) is 0 Å². The van der Waals surface area contributed by atoms with Gasteiger partial charge in [0.15, 0.2) is 0 Å². The van der Waals surface area contributed by atoms with E-state index in [9.17, 15) is 0 Å². The summed E-state index contributed by atoms with van der Waals surface area (Å²) in [6.45, 7) is 3.01. The van der Waals surface area contributed by atoms with Gasteiger partial charge in [0, 0.05) is 17.5 Å². The summed E-state index contributed by atoms with van der Waals surface area (Å²) < 4.78 is 6.02. The minimum Gasteiger partial charge on any atom is -0.493 e. The summed E-state index contributed by atoms with van der Waals surface area (Å²) in [6.07, 6.45) is 5.20. The molecule has 3 rings (SSSR count). The van der Waals surface area contributed by atoms with E-state index in [1.165, 1.54) is 31.2 Å². The zero-order chi connectivity index (χ0) is 12.4. The molecule has 98 valence electrons. The summed E-state index contributed by atoms with van der Waals surface area (Å²) >= 11 is 6.12. The third kappa shape index (κ3) is 2.65. The highest BCUT2D eigenvalue weighted by Crippen LogP contribution is 2.34. The van der Waals surface area contributed by atoms with Crippen LogP contribution in [0.25, 0.3) is 0 Å². The van der Waals surface area contributed by atoms with Crippen molar-refractivity contribution < 1.29 is 4.74 Å². The van der Waals surface area contributed by atoms with E-state index in [4.69, 9.17) is 16.3 Å². The van der Waals surface area contributed by atoms with Crippen molar-refractivity contribution in [2.45, 2.75) is 31.6 Å². The Morgan fingerprint density at radius 2 is 2.17 bits per heavy atom. The highest BCUT2D eigenvalue weighted by atomic mass is 35.5. The van der Waals surface area contributed by atoms with Gasteiger partial charge in [-0.1, -0.05) is 18.0 Å². The summed E-state index contributed by atoms with van der Waals surface area (Å²) in [4.78, 5) is 0. The first kappa shape index (κ1) is 12.3. The molecule has 1 saturated carbocycles. The van der Waals surface area contributed by atoms with Crippen molar-refractivity contribution in [1.82, 2.24) is 5.32 Å². The van der Waals surface area contributed by atoms with E-state index in [0.29, 0.717) is 5.92 Å². The lowest BCUT2D eigenvalue weighted by atomic mass is 9.86. The van der Waals surface area contributed by atoms with Crippen LogP contribution in [0.15, 0.2) is 18.2 Å². The van der Waals surface area contributed by atoms with E-state index >= 15 is 0 Å². The normalized spacial score (nSPS) is 23.9. The van der Waals surface area contributed by atoms with Gasteiger partial charge in [0.2, 0.25) is 0 Å². The third-order valence-corrected chi connectivity index (χ3v) is 4.41. The largest absolute Gasteiger partial charge is 0.493 e. The lowest BCUT2D eigenvalue weighted by molar-refractivity contribution is 0.179. The van der Waals surface area contributed by atoms with Gasteiger partial charge >= 0.3 is 0 Å². The van der Waals surface area contributed by atoms with Gasteiger partial charge in [-0.25, -0.2) is 0 Å². The van der Waals surface area contributed by atoms with Crippen LogP contribution >= 0.6 is 11.6 Å². The first-order chi connectivity index (χ1) is 8.83. The Labute approximate surface area is 114 Å². The van der Waals surface area contributed by atoms with Crippen molar-refractivity contribution in [1.29, 1.82) is 0 Å². The summed E-state index contributed by atoms with van der Waals surface area (Å²) in [5.41, 5.74) is 1.28. The molecule has 2 nitrogen and oxygen atoms in total. The molecule has 1 aliphatic heterocycles. The van der Waals surface area contributed by atoms with Gasteiger partial charge in [0.25, 0.3) is 0 Å². The Bertz CT molecular complexity index is 411. The smallest absolute Gasteiger partial charge is 0.122 e. The first-order valence-corrected chi connectivity index (χ1v) is 7.33. The van der Waals surface area contributed by atoms with Gasteiger partial charge in [0.1, 0.15) is 5.75 Å². The minimum absolute atomic E-state index is 0.556. The topological polar surface area (TPSA) is 21.3 Å². The van der Waals surface area contributed by atoms with Crippen molar-refractivity contribution in [2.24, 2.45) is 5.92 Å². The second kappa shape index (κ2) is 5.50. The molecule has 0 aromatic heterocycles. The predicted molar refractivity (Wildman–Crippen MR) is 74.5 cm³/mol. The maximum Gasteiger partial charge on any atom is 0.122 e. The fourth-order valence-corrected chi connectivity index (χ4v) is 2.94. The van der Waals surface area contributed by atoms with Crippen LogP contribution in [-0.4, -0.2) is 19.7 Å². The van der Waals surface area contributed by atoms with E-state index in [2.05, 4.69) is 11.4 Å². The molecule has 0 spiro atoms. The van der Waals surface area contributed by atoms with E-state index in [-0.39, 0.29) is 0 Å². The molecule has 1 aliphatic carbocycles. The number of benzene rings is 1. The van der Waals surface area contributed by atoms with Gasteiger partial charge < -0.3 is 10.1 Å². The van der Waals surface area contributed by atoms with Gasteiger partial charge in [0.05, 0.1) is 6.61 Å². The number of ether oxygens (including phenoxy) is 1. The second-order valence-corrected chi connectivity index (χ2v) is 5.92. The van der Waals surface area contributed by atoms with E-state index in [0.717, 1.165) is 36.4 Å². The van der Waals surface area contributed by atoms with Crippen LogP contribution < -0.4 is 10.1 Å². The molecular formula is C15H20ClNO. The van der Waals surface area contributed by atoms with Gasteiger partial charge in [-0.2, -0.15) is 0 Å². The average molecular weight is 266 g/mol. The number of hydrogen-bond acceptors (Lipinski definition) is 2. The van der Waals surface area contributed by atoms with Crippen LogP contribution in [0.5, 0.6) is 5.75 Å². The monoisotopic (exact) mass is 265 g/mol. The molecule has 1 unspecified atom stereocenters. The molecule has 0 amide bonds. The standard InChI is InChI=1S/C15H20ClNO/c16-13-4-5-15(18-10-11-2-1-3-11)14(8-13)12-6-7-17-9-12/h4-5,8,11-12,17H,1-3,6-7,9-10H2. The van der Waals surface area contributed by atoms with E-state index in [1.807, 2.05) is 12.1 Å². The van der Waals surface area contributed by atoms with Crippen LogP contribution in [0.3, 0.4) is 0 Å². The lowest BCUT2D eigenvalue weighted by Crippen LogP contribution is -2.20. The fourth-order valence-electron chi connectivity index (χ4n) is 2.76. The predicted octanol–water partition coefficient (Wildman–Crippen LogP) is 3.60. The molecule has 0 radical (unpaired) electrons. The molecule has 1 N–H and O–H groups in total. The Morgan fingerprint density at radius 3 is 2.83 bits per heavy atom. The Morgan fingerprint density at radius 1 is 1.28 bits per heavy atom. The molecule has 1 aromatic carbocycles. The van der Waals surface area contributed by atoms with E-state index < -0.39 is 0 Å². The maximum atomic E-state index is 6.12. The number of rotatable bonds is 4. The molecular weight excluding hydrogens is 246 g/mol. The van der Waals surface area contributed by atoms with Gasteiger partial charge in [-0.15, -0.1) is 0 Å². The van der Waals surface area contributed by atoms with Crippen LogP contribution in [-0.2, 0) is 0 Å². The molecule has 3 heteroatoms. The number of halogens is 1. The molecule has 1 saturated heterocycles. The molecule has 1 aromatic rings. The minimum atomic E-state index is 0.556. The highest BCUT2D eigenvalue weighted by Gasteiger charge is 2.22. The van der Waals surface area contributed by atoms with Crippen molar-refractivity contribution in [3.8, 4) is 5.75 Å². The van der Waals surface area contributed by atoms with Crippen LogP contribution in [0.1, 0.15) is 37.2 Å². The Kier molecular flexibility index (Phi) is 3.76. The lowest BCUT2D eigenvalue weighted by Gasteiger charge is -2.26. The number of nitrogens with one attached hydrogen (secondary N) is 1. The molecule has 18 heavy (non-hydrogen) atoms. The summed E-state index contributed by atoms with van der Waals surface area (Å²) in [7, 11) is 0. The third-order valence-electron chi connectivity index (χ3n) is 4.17. The molecule has 2 fully saturated rings. The van der Waals surface area contributed by atoms with Crippen LogP contribution in [0, 0.1) is 5.92 Å². The highest BCUT2D eigenvalue weighted by molar-refractivity contribution is 6.30. The van der Waals surface area contributed by atoms with Crippen LogP contribution in [0.4, 0.5) is 0 Å². The average Bonchev–Trinajstić information content (AvgIpc) is 2.82. The van der Waals surface area contributed by atoms with Gasteiger partial charge in [-0.05, 0) is 55.5 Å². The fraction of sp³-hybridized carbons (Fsp3) is 0.600. The molecule has 1 heterocycles. The Hall–Kier alpha value is -0.730. The molecule has 2 aliphatic rings. The van der Waals surface area contributed by atoms with Gasteiger partial charge in [-0.3, -0.25) is 0 Å². The SMILES string of the molecule is Clc1ccc(OCC2CCC2)c(C2CCNC2)c1. The van der Waals surface area contributed by atoms with Crippen molar-refractivity contribution in [2.75, 3.05) is 19.7 Å². The zero-order valence-corrected chi connectivity index (χ0v) is 11.4. The summed E-state index contributed by atoms with van der Waals surface area (Å²) in [5, 5.41) is 4.22. The maximum absolute atomic E-state index is 6.12. The molecule has 0 bridgehead atoms. The summed E-state index contributed by atoms with van der Waals surface area (Å²) in [5.74, 6) is 2.37.